The highest BCUT2D eigenvalue weighted by atomic mass is 16.5. The van der Waals surface area contributed by atoms with Crippen molar-refractivity contribution in [1.29, 1.82) is 0 Å². The van der Waals surface area contributed by atoms with Gasteiger partial charge in [0.05, 0.1) is 20.8 Å². The standard InChI is InChI=1S/C23H29NO4/c1-24(13-14-28-20-9-7-19(26-2)8-10-20)23(25)16-18-6-4-5-17-15-21(27-3)11-12-22(17)18/h7-12,15,18H,4-6,13-14,16H2,1-3H3. The van der Waals surface area contributed by atoms with Gasteiger partial charge >= 0.3 is 0 Å². The predicted molar refractivity (Wildman–Crippen MR) is 109 cm³/mol. The van der Waals surface area contributed by atoms with Gasteiger partial charge in [0.25, 0.3) is 0 Å². The van der Waals surface area contributed by atoms with Crippen LogP contribution in [0.5, 0.6) is 17.2 Å². The molecule has 0 heterocycles. The number of hydrogen-bond acceptors (Lipinski definition) is 4. The number of aryl methyl sites for hydroxylation is 1. The van der Waals surface area contributed by atoms with Crippen molar-refractivity contribution in [2.24, 2.45) is 0 Å². The summed E-state index contributed by atoms with van der Waals surface area (Å²) in [5.41, 5.74) is 2.61. The molecule has 0 bridgehead atoms. The molecule has 150 valence electrons. The van der Waals surface area contributed by atoms with Crippen molar-refractivity contribution < 1.29 is 19.0 Å². The minimum atomic E-state index is 0.159. The molecule has 1 atom stereocenters. The van der Waals surface area contributed by atoms with E-state index in [9.17, 15) is 4.79 Å². The van der Waals surface area contributed by atoms with Gasteiger partial charge in [0.15, 0.2) is 0 Å². The minimum absolute atomic E-state index is 0.159. The van der Waals surface area contributed by atoms with Crippen molar-refractivity contribution in [1.82, 2.24) is 4.90 Å². The van der Waals surface area contributed by atoms with E-state index in [2.05, 4.69) is 12.1 Å². The molecular formula is C23H29NO4. The van der Waals surface area contributed by atoms with Crippen LogP contribution in [0.4, 0.5) is 0 Å². The van der Waals surface area contributed by atoms with Gasteiger partial charge in [-0.25, -0.2) is 0 Å². The van der Waals surface area contributed by atoms with E-state index in [-0.39, 0.29) is 11.8 Å². The average molecular weight is 383 g/mol. The Kier molecular flexibility index (Phi) is 6.80. The van der Waals surface area contributed by atoms with E-state index in [4.69, 9.17) is 14.2 Å². The van der Waals surface area contributed by atoms with Gasteiger partial charge in [0.2, 0.25) is 5.91 Å². The lowest BCUT2D eigenvalue weighted by Gasteiger charge is -2.27. The number of methoxy groups -OCH3 is 2. The lowest BCUT2D eigenvalue weighted by molar-refractivity contribution is -0.130. The van der Waals surface area contributed by atoms with Crippen LogP contribution in [0.1, 0.15) is 36.3 Å². The maximum absolute atomic E-state index is 12.7. The maximum atomic E-state index is 12.7. The summed E-state index contributed by atoms with van der Waals surface area (Å²) in [7, 11) is 5.17. The minimum Gasteiger partial charge on any atom is -0.497 e. The highest BCUT2D eigenvalue weighted by Gasteiger charge is 2.24. The zero-order valence-corrected chi connectivity index (χ0v) is 16.9. The largest absolute Gasteiger partial charge is 0.497 e. The Morgan fingerprint density at radius 2 is 1.71 bits per heavy atom. The molecule has 2 aromatic carbocycles. The van der Waals surface area contributed by atoms with Crippen molar-refractivity contribution in [3.63, 3.8) is 0 Å². The molecule has 0 radical (unpaired) electrons. The van der Waals surface area contributed by atoms with Crippen LogP contribution in [0.3, 0.4) is 0 Å². The number of carbonyl (C=O) groups excluding carboxylic acids is 1. The fraction of sp³-hybridized carbons (Fsp3) is 0.435. The topological polar surface area (TPSA) is 48.0 Å². The van der Waals surface area contributed by atoms with Crippen LogP contribution >= 0.6 is 0 Å². The van der Waals surface area contributed by atoms with Gasteiger partial charge in [-0.3, -0.25) is 4.79 Å². The summed E-state index contributed by atoms with van der Waals surface area (Å²) in [4.78, 5) is 14.5. The molecule has 0 aliphatic heterocycles. The second-order valence-electron chi connectivity index (χ2n) is 7.20. The van der Waals surface area contributed by atoms with Gasteiger partial charge in [-0.2, -0.15) is 0 Å². The zero-order chi connectivity index (χ0) is 19.9. The lowest BCUT2D eigenvalue weighted by Crippen LogP contribution is -2.32. The number of likely N-dealkylation sites (N-methyl/N-ethyl adjacent to an activating group) is 1. The van der Waals surface area contributed by atoms with E-state index >= 15 is 0 Å². The summed E-state index contributed by atoms with van der Waals surface area (Å²) >= 11 is 0. The highest BCUT2D eigenvalue weighted by Crippen LogP contribution is 2.36. The monoisotopic (exact) mass is 383 g/mol. The van der Waals surface area contributed by atoms with Gasteiger partial charge < -0.3 is 19.1 Å². The fourth-order valence-electron chi connectivity index (χ4n) is 3.69. The zero-order valence-electron chi connectivity index (χ0n) is 16.9. The molecule has 0 N–H and O–H groups in total. The van der Waals surface area contributed by atoms with Crippen LogP contribution in [-0.4, -0.2) is 45.2 Å². The van der Waals surface area contributed by atoms with Crippen molar-refractivity contribution >= 4 is 5.91 Å². The molecule has 0 spiro atoms. The first-order valence-electron chi connectivity index (χ1n) is 9.78. The summed E-state index contributed by atoms with van der Waals surface area (Å²) in [6, 6.07) is 13.7. The maximum Gasteiger partial charge on any atom is 0.223 e. The average Bonchev–Trinajstić information content (AvgIpc) is 2.73. The first kappa shape index (κ1) is 20.1. The van der Waals surface area contributed by atoms with E-state index in [1.807, 2.05) is 37.4 Å². The molecule has 5 heteroatoms. The normalized spacial score (nSPS) is 15.5. The molecule has 0 fully saturated rings. The molecule has 1 aliphatic carbocycles. The summed E-state index contributed by atoms with van der Waals surface area (Å²) in [6.07, 6.45) is 3.77. The molecule has 1 amide bonds. The third-order valence-electron chi connectivity index (χ3n) is 5.39. The van der Waals surface area contributed by atoms with Gasteiger partial charge in [0.1, 0.15) is 23.9 Å². The summed E-state index contributed by atoms with van der Waals surface area (Å²) < 4.78 is 16.2. The number of nitrogens with zero attached hydrogens (tertiary/aromatic N) is 1. The molecule has 1 aliphatic rings. The molecule has 0 saturated heterocycles. The van der Waals surface area contributed by atoms with Gasteiger partial charge in [0, 0.05) is 13.5 Å². The Morgan fingerprint density at radius 3 is 2.43 bits per heavy atom. The molecule has 5 nitrogen and oxygen atoms in total. The van der Waals surface area contributed by atoms with Crippen molar-refractivity contribution in [2.75, 3.05) is 34.4 Å². The van der Waals surface area contributed by atoms with Crippen molar-refractivity contribution in [3.05, 3.63) is 53.6 Å². The smallest absolute Gasteiger partial charge is 0.223 e. The third kappa shape index (κ3) is 4.97. The number of ether oxygens (including phenoxy) is 3. The summed E-state index contributed by atoms with van der Waals surface area (Å²) in [5, 5.41) is 0. The fourth-order valence-corrected chi connectivity index (χ4v) is 3.69. The first-order chi connectivity index (χ1) is 13.6. The summed E-state index contributed by atoms with van der Waals surface area (Å²) in [6.45, 7) is 1.03. The predicted octanol–water partition coefficient (Wildman–Crippen LogP) is 4.05. The lowest BCUT2D eigenvalue weighted by atomic mass is 9.81. The number of benzene rings is 2. The van der Waals surface area contributed by atoms with Crippen LogP contribution in [-0.2, 0) is 11.2 Å². The Labute approximate surface area is 167 Å². The Hall–Kier alpha value is -2.69. The number of carbonyl (C=O) groups is 1. The summed E-state index contributed by atoms with van der Waals surface area (Å²) in [5.74, 6) is 2.90. The van der Waals surface area contributed by atoms with Gasteiger partial charge in [-0.15, -0.1) is 0 Å². The van der Waals surface area contributed by atoms with Crippen LogP contribution in [0.2, 0.25) is 0 Å². The Balaban J connectivity index is 1.50. The molecule has 0 saturated carbocycles. The third-order valence-corrected chi connectivity index (χ3v) is 5.39. The van der Waals surface area contributed by atoms with Crippen LogP contribution in [0, 0.1) is 0 Å². The van der Waals surface area contributed by atoms with E-state index in [0.717, 1.165) is 36.5 Å². The second kappa shape index (κ2) is 9.49. The molecule has 0 aromatic heterocycles. The van der Waals surface area contributed by atoms with E-state index in [1.54, 1.807) is 19.1 Å². The first-order valence-corrected chi connectivity index (χ1v) is 9.78. The SMILES string of the molecule is COc1ccc(OCCN(C)C(=O)CC2CCCc3cc(OC)ccc32)cc1. The van der Waals surface area contributed by atoms with Crippen LogP contribution in [0.15, 0.2) is 42.5 Å². The number of hydrogen-bond donors (Lipinski definition) is 0. The highest BCUT2D eigenvalue weighted by molar-refractivity contribution is 5.77. The number of rotatable bonds is 8. The van der Waals surface area contributed by atoms with Crippen LogP contribution < -0.4 is 14.2 Å². The van der Waals surface area contributed by atoms with Gasteiger partial charge in [-0.1, -0.05) is 6.07 Å². The Morgan fingerprint density at radius 1 is 1.04 bits per heavy atom. The molecule has 2 aromatic rings. The quantitative estimate of drug-likeness (QED) is 0.690. The van der Waals surface area contributed by atoms with E-state index < -0.39 is 0 Å². The Bertz CT molecular complexity index is 788. The number of amides is 1. The second-order valence-corrected chi connectivity index (χ2v) is 7.20. The van der Waals surface area contributed by atoms with E-state index in [1.165, 1.54) is 11.1 Å². The number of fused-ring (bicyclic) bond motifs is 1. The van der Waals surface area contributed by atoms with Crippen LogP contribution in [0.25, 0.3) is 0 Å². The van der Waals surface area contributed by atoms with Crippen molar-refractivity contribution in [2.45, 2.75) is 31.6 Å². The molecule has 1 unspecified atom stereocenters. The molecule has 28 heavy (non-hydrogen) atoms. The van der Waals surface area contributed by atoms with E-state index in [0.29, 0.717) is 19.6 Å². The van der Waals surface area contributed by atoms with Gasteiger partial charge in [-0.05, 0) is 72.7 Å². The molecular weight excluding hydrogens is 354 g/mol. The molecule has 3 rings (SSSR count). The van der Waals surface area contributed by atoms with Crippen molar-refractivity contribution in [3.8, 4) is 17.2 Å².